The van der Waals surface area contributed by atoms with E-state index in [4.69, 9.17) is 5.73 Å². The summed E-state index contributed by atoms with van der Waals surface area (Å²) in [4.78, 5) is 6.96. The smallest absolute Gasteiger partial charge is 0.193 e. The maximum Gasteiger partial charge on any atom is 0.193 e. The fourth-order valence-electron chi connectivity index (χ4n) is 3.18. The number of aliphatic imine (C=N–C) groups is 1. The van der Waals surface area contributed by atoms with E-state index in [1.165, 1.54) is 19.5 Å². The molecule has 0 amide bonds. The summed E-state index contributed by atoms with van der Waals surface area (Å²) in [6.45, 7) is 9.06. The molecule has 1 aliphatic rings. The molecule has 5 heteroatoms. The van der Waals surface area contributed by atoms with Crippen LogP contribution in [0.15, 0.2) is 35.3 Å². The molecule has 1 fully saturated rings. The average molecular weight is 416 g/mol. The van der Waals surface area contributed by atoms with Gasteiger partial charge in [0, 0.05) is 25.3 Å². The molecule has 22 heavy (non-hydrogen) atoms. The van der Waals surface area contributed by atoms with Crippen molar-refractivity contribution >= 4 is 35.6 Å². The van der Waals surface area contributed by atoms with Crippen molar-refractivity contribution in [2.24, 2.45) is 22.6 Å². The molecule has 0 aliphatic carbocycles. The summed E-state index contributed by atoms with van der Waals surface area (Å²) in [6, 6.07) is 9.92. The first-order valence-electron chi connectivity index (χ1n) is 7.98. The summed E-state index contributed by atoms with van der Waals surface area (Å²) in [7, 11) is 0. The number of nitrogens with zero attached hydrogens (tertiary/aromatic N) is 2. The zero-order chi connectivity index (χ0) is 15.1. The third kappa shape index (κ3) is 6.96. The summed E-state index contributed by atoms with van der Waals surface area (Å²) in [6.07, 6.45) is 2.43. The Morgan fingerprint density at radius 3 is 2.50 bits per heavy atom. The molecule has 3 N–H and O–H groups in total. The van der Waals surface area contributed by atoms with Crippen molar-refractivity contribution in [3.63, 3.8) is 0 Å². The monoisotopic (exact) mass is 416 g/mol. The van der Waals surface area contributed by atoms with E-state index in [1.54, 1.807) is 0 Å². The van der Waals surface area contributed by atoms with Crippen LogP contribution in [-0.2, 0) is 0 Å². The van der Waals surface area contributed by atoms with Crippen LogP contribution in [0.1, 0.15) is 26.7 Å². The molecule has 1 aliphatic heterocycles. The maximum absolute atomic E-state index is 5.89. The minimum absolute atomic E-state index is 0. The van der Waals surface area contributed by atoms with Gasteiger partial charge < -0.3 is 16.0 Å². The number of hydrogen-bond acceptors (Lipinski definition) is 2. The predicted octanol–water partition coefficient (Wildman–Crippen LogP) is 3.40. The first kappa shape index (κ1) is 19.2. The second-order valence-electron chi connectivity index (χ2n) is 6.32. The van der Waals surface area contributed by atoms with Crippen LogP contribution < -0.4 is 11.1 Å². The van der Waals surface area contributed by atoms with E-state index >= 15 is 0 Å². The van der Waals surface area contributed by atoms with Gasteiger partial charge in [-0.3, -0.25) is 4.99 Å². The molecule has 2 unspecified atom stereocenters. The maximum atomic E-state index is 5.89. The Morgan fingerprint density at radius 1 is 1.23 bits per heavy atom. The van der Waals surface area contributed by atoms with E-state index in [1.807, 2.05) is 30.3 Å². The molecular formula is C17H29IN4. The fourth-order valence-corrected chi connectivity index (χ4v) is 3.18. The van der Waals surface area contributed by atoms with Gasteiger partial charge >= 0.3 is 0 Å². The summed E-state index contributed by atoms with van der Waals surface area (Å²) in [5.74, 6) is 2.14. The molecule has 124 valence electrons. The minimum atomic E-state index is 0. The van der Waals surface area contributed by atoms with Crippen LogP contribution >= 0.6 is 24.0 Å². The van der Waals surface area contributed by atoms with Crippen molar-refractivity contribution in [1.82, 2.24) is 4.90 Å². The molecule has 0 aromatic heterocycles. The minimum Gasteiger partial charge on any atom is -0.370 e. The topological polar surface area (TPSA) is 53.6 Å². The largest absolute Gasteiger partial charge is 0.370 e. The highest BCUT2D eigenvalue weighted by Crippen LogP contribution is 2.20. The molecule has 1 saturated heterocycles. The van der Waals surface area contributed by atoms with Gasteiger partial charge in [-0.1, -0.05) is 32.0 Å². The number of nitrogens with two attached hydrogens (primary N) is 1. The zero-order valence-electron chi connectivity index (χ0n) is 13.7. The number of rotatable bonds is 5. The van der Waals surface area contributed by atoms with Crippen molar-refractivity contribution in [1.29, 1.82) is 0 Å². The molecular weight excluding hydrogens is 387 g/mol. The SMILES string of the molecule is CC1CC(C)CN(CCCN=C(N)Nc2ccccc2)C1.I. The molecule has 0 radical (unpaired) electrons. The van der Waals surface area contributed by atoms with Gasteiger partial charge in [0.15, 0.2) is 5.96 Å². The highest BCUT2D eigenvalue weighted by molar-refractivity contribution is 14.0. The normalized spacial score (nSPS) is 22.9. The number of hydrogen-bond donors (Lipinski definition) is 2. The van der Waals surface area contributed by atoms with E-state index in [-0.39, 0.29) is 24.0 Å². The van der Waals surface area contributed by atoms with Gasteiger partial charge in [-0.05, 0) is 43.4 Å². The first-order valence-corrected chi connectivity index (χ1v) is 7.98. The number of likely N-dealkylation sites (tertiary alicyclic amines) is 1. The number of benzene rings is 1. The van der Waals surface area contributed by atoms with Crippen molar-refractivity contribution in [3.05, 3.63) is 30.3 Å². The second kappa shape index (κ2) is 10.0. The molecule has 0 bridgehead atoms. The highest BCUT2D eigenvalue weighted by Gasteiger charge is 2.20. The number of anilines is 1. The van der Waals surface area contributed by atoms with Crippen LogP contribution in [0.2, 0.25) is 0 Å². The number of piperidine rings is 1. The highest BCUT2D eigenvalue weighted by atomic mass is 127. The van der Waals surface area contributed by atoms with Gasteiger partial charge in [0.05, 0.1) is 0 Å². The lowest BCUT2D eigenvalue weighted by Gasteiger charge is -2.34. The Morgan fingerprint density at radius 2 is 1.86 bits per heavy atom. The summed E-state index contributed by atoms with van der Waals surface area (Å²) in [5.41, 5.74) is 6.88. The molecule has 1 heterocycles. The Balaban J connectivity index is 0.00000242. The second-order valence-corrected chi connectivity index (χ2v) is 6.32. The van der Waals surface area contributed by atoms with Crippen LogP contribution in [-0.4, -0.2) is 37.0 Å². The van der Waals surface area contributed by atoms with Gasteiger partial charge in [0.2, 0.25) is 0 Å². The third-order valence-electron chi connectivity index (χ3n) is 3.91. The Hall–Kier alpha value is -0.820. The number of nitrogens with one attached hydrogen (secondary N) is 1. The van der Waals surface area contributed by atoms with Gasteiger partial charge in [0.1, 0.15) is 0 Å². The summed E-state index contributed by atoms with van der Waals surface area (Å²) >= 11 is 0. The Kier molecular flexibility index (Phi) is 8.78. The Labute approximate surface area is 151 Å². The summed E-state index contributed by atoms with van der Waals surface area (Å²) < 4.78 is 0. The van der Waals surface area contributed by atoms with E-state index in [9.17, 15) is 0 Å². The third-order valence-corrected chi connectivity index (χ3v) is 3.91. The van der Waals surface area contributed by atoms with Crippen molar-refractivity contribution in [2.75, 3.05) is 31.5 Å². The van der Waals surface area contributed by atoms with E-state index < -0.39 is 0 Å². The van der Waals surface area contributed by atoms with Gasteiger partial charge in [-0.2, -0.15) is 0 Å². The van der Waals surface area contributed by atoms with Crippen LogP contribution in [0.3, 0.4) is 0 Å². The molecule has 1 aromatic carbocycles. The van der Waals surface area contributed by atoms with Crippen LogP contribution in [0, 0.1) is 11.8 Å². The molecule has 0 saturated carbocycles. The van der Waals surface area contributed by atoms with Crippen molar-refractivity contribution in [2.45, 2.75) is 26.7 Å². The van der Waals surface area contributed by atoms with Crippen LogP contribution in [0.5, 0.6) is 0 Å². The summed E-state index contributed by atoms with van der Waals surface area (Å²) in [5, 5.41) is 3.11. The van der Waals surface area contributed by atoms with Crippen molar-refractivity contribution in [3.8, 4) is 0 Å². The predicted molar refractivity (Wildman–Crippen MR) is 106 cm³/mol. The standard InChI is InChI=1S/C17H28N4.HI/c1-14-11-15(2)13-21(12-14)10-6-9-19-17(18)20-16-7-4-3-5-8-16;/h3-5,7-8,14-15H,6,9-13H2,1-2H3,(H3,18,19,20);1H. The van der Waals surface area contributed by atoms with Crippen LogP contribution in [0.25, 0.3) is 0 Å². The number of guanidine groups is 1. The lowest BCUT2D eigenvalue weighted by molar-refractivity contribution is 0.140. The molecule has 4 nitrogen and oxygen atoms in total. The average Bonchev–Trinajstić information content (AvgIpc) is 2.44. The molecule has 2 atom stereocenters. The van der Waals surface area contributed by atoms with Crippen molar-refractivity contribution < 1.29 is 0 Å². The van der Waals surface area contributed by atoms with Gasteiger partial charge in [0.25, 0.3) is 0 Å². The van der Waals surface area contributed by atoms with E-state index in [2.05, 4.69) is 29.1 Å². The van der Waals surface area contributed by atoms with Crippen LogP contribution in [0.4, 0.5) is 5.69 Å². The molecule has 2 rings (SSSR count). The first-order chi connectivity index (χ1) is 10.1. The quantitative estimate of drug-likeness (QED) is 0.335. The van der Waals surface area contributed by atoms with E-state index in [0.29, 0.717) is 5.96 Å². The van der Waals surface area contributed by atoms with Gasteiger partial charge in [-0.25, -0.2) is 0 Å². The molecule has 1 aromatic rings. The number of para-hydroxylation sites is 1. The fraction of sp³-hybridized carbons (Fsp3) is 0.588. The molecule has 0 spiro atoms. The number of halogens is 1. The van der Waals surface area contributed by atoms with Gasteiger partial charge in [-0.15, -0.1) is 24.0 Å². The lowest BCUT2D eigenvalue weighted by atomic mass is 9.92. The Bertz CT molecular complexity index is 439. The van der Waals surface area contributed by atoms with E-state index in [0.717, 1.165) is 37.0 Å². The lowest BCUT2D eigenvalue weighted by Crippen LogP contribution is -2.39. The zero-order valence-corrected chi connectivity index (χ0v) is 16.0.